The standard InChI is InChI=1S/C40H56N8O14/c1-23(2)40(37(4,5)6,32(50)46(34(52)53)20-26-17-27(48(56)57)13-15-41-26)47-21-25(42-43-47)14-16-44-31(49)24(3)19-45(33(44)51)30-18-28(60-36(55)62-39(10,11)12)29(59-30)22-58-35(54)61-38(7,8)9/h13,15,17,19,21,23,28-30H,14,16,18,20,22H2,1-12H3,(H,52,53)/t28-,29+,30+,40+/m0/s1. The topological polar surface area (TPSA) is 269 Å². The molecule has 22 nitrogen and oxygen atoms in total. The molecule has 0 aliphatic carbocycles. The molecule has 1 N–H and O–H groups in total. The minimum Gasteiger partial charge on any atom is -0.465 e. The smallest absolute Gasteiger partial charge is 0.465 e. The second kappa shape index (κ2) is 18.4. The number of imide groups is 1. The van der Waals surface area contributed by atoms with Gasteiger partial charge in [-0.25, -0.2) is 28.8 Å². The van der Waals surface area contributed by atoms with E-state index in [2.05, 4.69) is 15.3 Å². The first-order valence-electron chi connectivity index (χ1n) is 19.8. The van der Waals surface area contributed by atoms with Crippen molar-refractivity contribution < 1.29 is 52.9 Å². The molecule has 1 aliphatic heterocycles. The third-order valence-corrected chi connectivity index (χ3v) is 9.86. The monoisotopic (exact) mass is 872 g/mol. The molecule has 2 amide bonds. The summed E-state index contributed by atoms with van der Waals surface area (Å²) in [6.07, 6.45) is -3.06. The molecule has 0 radical (unpaired) electrons. The lowest BCUT2D eigenvalue weighted by molar-refractivity contribution is -0.385. The van der Waals surface area contributed by atoms with Crippen LogP contribution in [0.25, 0.3) is 0 Å². The Morgan fingerprint density at radius 2 is 1.63 bits per heavy atom. The Morgan fingerprint density at radius 1 is 1.00 bits per heavy atom. The summed E-state index contributed by atoms with van der Waals surface area (Å²) in [5.41, 5.74) is -5.82. The molecule has 22 heteroatoms. The Balaban J connectivity index is 1.65. The first-order chi connectivity index (χ1) is 28.5. The zero-order chi connectivity index (χ0) is 46.7. The average Bonchev–Trinajstić information content (AvgIpc) is 3.76. The number of rotatable bonds is 13. The van der Waals surface area contributed by atoms with Crippen LogP contribution in [0.4, 0.5) is 20.1 Å². The van der Waals surface area contributed by atoms with E-state index in [4.69, 9.17) is 23.7 Å². The van der Waals surface area contributed by atoms with Gasteiger partial charge in [-0.2, -0.15) is 0 Å². The van der Waals surface area contributed by atoms with E-state index < -0.39 is 100 Å². The quantitative estimate of drug-likeness (QED) is 0.133. The van der Waals surface area contributed by atoms with Crippen molar-refractivity contribution in [3.05, 3.63) is 78.6 Å². The Labute approximate surface area is 357 Å². The molecule has 0 aromatic carbocycles. The van der Waals surface area contributed by atoms with Gasteiger partial charge in [0, 0.05) is 55.7 Å². The molecule has 1 saturated heterocycles. The Morgan fingerprint density at radius 3 is 2.19 bits per heavy atom. The minimum absolute atomic E-state index is 0.0335. The van der Waals surface area contributed by atoms with Crippen LogP contribution in [0.5, 0.6) is 0 Å². The summed E-state index contributed by atoms with van der Waals surface area (Å²) in [6, 6.07) is 2.23. The number of ether oxygens (including phenoxy) is 5. The first-order valence-corrected chi connectivity index (χ1v) is 19.8. The van der Waals surface area contributed by atoms with Crippen LogP contribution in [-0.4, -0.2) is 98.4 Å². The predicted molar refractivity (Wildman–Crippen MR) is 217 cm³/mol. The number of amides is 2. The van der Waals surface area contributed by atoms with E-state index in [9.17, 15) is 44.0 Å². The van der Waals surface area contributed by atoms with Crippen molar-refractivity contribution in [2.45, 2.75) is 144 Å². The normalized spacial score (nSPS) is 17.9. The molecule has 3 aromatic rings. The molecular formula is C40H56N8O14. The second-order valence-electron chi connectivity index (χ2n) is 18.2. The third kappa shape index (κ3) is 11.2. The molecule has 0 bridgehead atoms. The molecule has 0 unspecified atom stereocenters. The van der Waals surface area contributed by atoms with Gasteiger partial charge in [-0.3, -0.25) is 33.8 Å². The number of carboxylic acid groups (broad SMARTS) is 1. The van der Waals surface area contributed by atoms with Crippen molar-refractivity contribution >= 4 is 30.0 Å². The van der Waals surface area contributed by atoms with Crippen molar-refractivity contribution in [1.29, 1.82) is 0 Å². The maximum Gasteiger partial charge on any atom is 0.509 e. The van der Waals surface area contributed by atoms with E-state index in [0.29, 0.717) is 4.90 Å². The van der Waals surface area contributed by atoms with Crippen LogP contribution in [0.2, 0.25) is 0 Å². The van der Waals surface area contributed by atoms with Crippen molar-refractivity contribution in [1.82, 2.24) is 34.0 Å². The Bertz CT molecular complexity index is 2280. The van der Waals surface area contributed by atoms with E-state index in [0.717, 1.165) is 22.9 Å². The SMILES string of the molecule is Cc1cn([C@H]2C[C@H](OC(=O)OC(C)(C)C)[C@@H](COC(=O)OC(C)(C)C)O2)c(=O)n(CCc2cn([C@@](C(=O)N(Cc3cc([N+](=O)[O-])ccn3)C(=O)O)(C(C)C)C(C)(C)C)nn2)c1=O. The van der Waals surface area contributed by atoms with Crippen molar-refractivity contribution in [3.8, 4) is 0 Å². The molecule has 4 atom stereocenters. The van der Waals surface area contributed by atoms with Gasteiger partial charge in [0.05, 0.1) is 22.9 Å². The fourth-order valence-electron chi connectivity index (χ4n) is 7.35. The highest BCUT2D eigenvalue weighted by Gasteiger charge is 2.56. The Hall–Kier alpha value is -6.19. The number of aromatic nitrogens is 6. The number of hydrogen-bond acceptors (Lipinski definition) is 16. The minimum atomic E-state index is -1.70. The molecule has 62 heavy (non-hydrogen) atoms. The molecule has 0 saturated carbocycles. The van der Waals surface area contributed by atoms with Gasteiger partial charge in [0.25, 0.3) is 17.2 Å². The number of nitrogens with zero attached hydrogens (tertiary/aromatic N) is 8. The van der Waals surface area contributed by atoms with E-state index >= 15 is 0 Å². The van der Waals surface area contributed by atoms with Crippen molar-refractivity contribution in [2.24, 2.45) is 11.3 Å². The van der Waals surface area contributed by atoms with Crippen LogP contribution in [0, 0.1) is 28.4 Å². The predicted octanol–water partition coefficient (Wildman–Crippen LogP) is 5.12. The number of aryl methyl sites for hydroxylation is 2. The number of pyridine rings is 1. The first kappa shape index (κ1) is 48.5. The van der Waals surface area contributed by atoms with Gasteiger partial charge < -0.3 is 28.8 Å². The maximum atomic E-state index is 14.6. The average molecular weight is 873 g/mol. The van der Waals surface area contributed by atoms with Gasteiger partial charge in [-0.05, 0) is 59.8 Å². The van der Waals surface area contributed by atoms with Gasteiger partial charge in [-0.15, -0.1) is 5.10 Å². The van der Waals surface area contributed by atoms with E-state index in [1.807, 2.05) is 0 Å². The van der Waals surface area contributed by atoms with Gasteiger partial charge in [0.15, 0.2) is 5.54 Å². The highest BCUT2D eigenvalue weighted by atomic mass is 16.8. The summed E-state index contributed by atoms with van der Waals surface area (Å²) in [5.74, 6) is -1.50. The number of carbonyl (C=O) groups excluding carboxylic acids is 3. The number of carbonyl (C=O) groups is 4. The second-order valence-corrected chi connectivity index (χ2v) is 18.2. The van der Waals surface area contributed by atoms with Gasteiger partial charge >= 0.3 is 24.1 Å². The lowest BCUT2D eigenvalue weighted by Crippen LogP contribution is -2.61. The Kier molecular flexibility index (Phi) is 14.4. The highest BCUT2D eigenvalue weighted by Crippen LogP contribution is 2.45. The molecule has 4 rings (SSSR count). The van der Waals surface area contributed by atoms with E-state index in [-0.39, 0.29) is 42.0 Å². The number of hydrogen-bond donors (Lipinski definition) is 1. The van der Waals surface area contributed by atoms with Crippen molar-refractivity contribution in [2.75, 3.05) is 6.61 Å². The highest BCUT2D eigenvalue weighted by molar-refractivity contribution is 5.96. The zero-order valence-corrected chi connectivity index (χ0v) is 37.1. The van der Waals surface area contributed by atoms with Crippen LogP contribution >= 0.6 is 0 Å². The molecule has 1 fully saturated rings. The molecule has 4 heterocycles. The summed E-state index contributed by atoms with van der Waals surface area (Å²) >= 11 is 0. The molecule has 340 valence electrons. The summed E-state index contributed by atoms with van der Waals surface area (Å²) in [5, 5.41) is 30.2. The van der Waals surface area contributed by atoms with Crippen LogP contribution in [0.15, 0.2) is 40.3 Å². The maximum absolute atomic E-state index is 14.6. The molecular weight excluding hydrogens is 816 g/mol. The third-order valence-electron chi connectivity index (χ3n) is 9.86. The van der Waals surface area contributed by atoms with Crippen LogP contribution in [-0.2, 0) is 53.5 Å². The largest absolute Gasteiger partial charge is 0.509 e. The van der Waals surface area contributed by atoms with Gasteiger partial charge in [-0.1, -0.05) is 39.8 Å². The zero-order valence-electron chi connectivity index (χ0n) is 37.1. The summed E-state index contributed by atoms with van der Waals surface area (Å²) in [7, 11) is 0. The van der Waals surface area contributed by atoms with Crippen LogP contribution in [0.1, 0.15) is 106 Å². The molecule has 0 spiro atoms. The van der Waals surface area contributed by atoms with Crippen molar-refractivity contribution in [3.63, 3.8) is 0 Å². The fourth-order valence-corrected chi connectivity index (χ4v) is 7.35. The number of nitro groups is 1. The summed E-state index contributed by atoms with van der Waals surface area (Å²) in [6.45, 7) is 18.8. The van der Waals surface area contributed by atoms with Crippen LogP contribution < -0.4 is 11.2 Å². The molecule has 3 aromatic heterocycles. The summed E-state index contributed by atoms with van der Waals surface area (Å²) < 4.78 is 30.9. The lowest BCUT2D eigenvalue weighted by atomic mass is 9.66. The van der Waals surface area contributed by atoms with Crippen LogP contribution in [0.3, 0.4) is 0 Å². The van der Waals surface area contributed by atoms with E-state index in [1.54, 1.807) is 76.2 Å². The van der Waals surface area contributed by atoms with Gasteiger partial charge in [0.1, 0.15) is 36.2 Å². The lowest BCUT2D eigenvalue weighted by Gasteiger charge is -2.47. The summed E-state index contributed by atoms with van der Waals surface area (Å²) in [4.78, 5) is 95.2. The van der Waals surface area contributed by atoms with Gasteiger partial charge in [0.2, 0.25) is 0 Å². The van der Waals surface area contributed by atoms with E-state index in [1.165, 1.54) is 28.6 Å². The fraction of sp³-hybridized carbons (Fsp3) is 0.625. The molecule has 1 aliphatic rings.